The van der Waals surface area contributed by atoms with Crippen LogP contribution < -0.4 is 0 Å². The van der Waals surface area contributed by atoms with Gasteiger partial charge < -0.3 is 9.84 Å². The van der Waals surface area contributed by atoms with Crippen LogP contribution in [0.2, 0.25) is 0 Å². The lowest BCUT2D eigenvalue weighted by molar-refractivity contribution is -0.144. The molecule has 0 amide bonds. The summed E-state index contributed by atoms with van der Waals surface area (Å²) in [5.41, 5.74) is 2.76. The Labute approximate surface area is 182 Å². The van der Waals surface area contributed by atoms with Crippen molar-refractivity contribution in [1.82, 2.24) is 9.80 Å². The predicted molar refractivity (Wildman–Crippen MR) is 121 cm³/mol. The van der Waals surface area contributed by atoms with Crippen molar-refractivity contribution in [3.63, 3.8) is 0 Å². The highest BCUT2D eigenvalue weighted by atomic mass is 16.5. The fourth-order valence-electron chi connectivity index (χ4n) is 6.85. The Balaban J connectivity index is 1.20. The molecular formula is C26H40N2O2. The van der Waals surface area contributed by atoms with Crippen LogP contribution in [-0.2, 0) is 16.8 Å². The maximum atomic E-state index is 9.49. The maximum Gasteiger partial charge on any atom is 0.0939 e. The topological polar surface area (TPSA) is 35.9 Å². The third kappa shape index (κ3) is 4.21. The summed E-state index contributed by atoms with van der Waals surface area (Å²) in [4.78, 5) is 5.58. The Kier molecular flexibility index (Phi) is 6.47. The molecule has 2 heterocycles. The Bertz CT molecular complexity index is 686. The number of aliphatic hydroxyl groups excluding tert-OH is 1. The number of aliphatic hydroxyl groups is 1. The normalized spacial score (nSPS) is 34.2. The molecule has 2 aliphatic heterocycles. The minimum absolute atomic E-state index is 0.116. The summed E-state index contributed by atoms with van der Waals surface area (Å²) >= 11 is 0. The van der Waals surface area contributed by atoms with E-state index >= 15 is 0 Å². The Morgan fingerprint density at radius 3 is 2.17 bits per heavy atom. The molecule has 30 heavy (non-hydrogen) atoms. The van der Waals surface area contributed by atoms with Gasteiger partial charge in [0.2, 0.25) is 0 Å². The van der Waals surface area contributed by atoms with Crippen molar-refractivity contribution >= 4 is 0 Å². The van der Waals surface area contributed by atoms with E-state index in [1.54, 1.807) is 0 Å². The number of hydrogen-bond acceptors (Lipinski definition) is 4. The summed E-state index contributed by atoms with van der Waals surface area (Å²) in [7, 11) is 0. The molecule has 0 bridgehead atoms. The second kappa shape index (κ2) is 9.28. The molecule has 0 aromatic heterocycles. The van der Waals surface area contributed by atoms with Crippen LogP contribution in [0.1, 0.15) is 75.3 Å². The van der Waals surface area contributed by atoms with Gasteiger partial charge in [-0.15, -0.1) is 0 Å². The second-order valence-corrected chi connectivity index (χ2v) is 10.2. The molecule has 0 unspecified atom stereocenters. The van der Waals surface area contributed by atoms with Gasteiger partial charge in [-0.1, -0.05) is 43.5 Å². The van der Waals surface area contributed by atoms with E-state index in [-0.39, 0.29) is 18.3 Å². The predicted octanol–water partition coefficient (Wildman–Crippen LogP) is 4.10. The van der Waals surface area contributed by atoms with Gasteiger partial charge in [0.15, 0.2) is 0 Å². The average Bonchev–Trinajstić information content (AvgIpc) is 2.81. The molecule has 3 fully saturated rings. The van der Waals surface area contributed by atoms with Gasteiger partial charge in [-0.05, 0) is 62.5 Å². The standard InChI is InChI=1S/C26H40N2O2/c29-19-12-24-20-21-6-4-5-9-25(21)26(30-24)13-10-23(11-14-26)28-17-15-27(16-18-28)22-7-2-1-3-8-22/h4-6,9,22-24,29H,1-3,7-8,10-20H2/t23?,24-,26?/m1/s1. The number of ether oxygens (including phenoxy) is 1. The fourth-order valence-corrected chi connectivity index (χ4v) is 6.85. The van der Waals surface area contributed by atoms with E-state index in [9.17, 15) is 5.11 Å². The summed E-state index contributed by atoms with van der Waals surface area (Å²) in [6.07, 6.45) is 13.8. The molecule has 1 aromatic carbocycles. The van der Waals surface area contributed by atoms with Crippen LogP contribution in [-0.4, -0.2) is 65.9 Å². The molecule has 1 spiro atoms. The zero-order chi connectivity index (χ0) is 20.4. The summed E-state index contributed by atoms with van der Waals surface area (Å²) in [5, 5.41) is 9.49. The zero-order valence-electron chi connectivity index (χ0n) is 18.6. The van der Waals surface area contributed by atoms with E-state index in [4.69, 9.17) is 4.74 Å². The zero-order valence-corrected chi connectivity index (χ0v) is 18.6. The first-order chi connectivity index (χ1) is 14.8. The molecule has 4 heteroatoms. The van der Waals surface area contributed by atoms with Gasteiger partial charge in [0, 0.05) is 44.9 Å². The third-order valence-corrected chi connectivity index (χ3v) is 8.52. The van der Waals surface area contributed by atoms with Crippen molar-refractivity contribution in [1.29, 1.82) is 0 Å². The van der Waals surface area contributed by atoms with Crippen LogP contribution >= 0.6 is 0 Å². The molecule has 166 valence electrons. The van der Waals surface area contributed by atoms with Gasteiger partial charge in [-0.2, -0.15) is 0 Å². The van der Waals surface area contributed by atoms with Gasteiger partial charge in [-0.25, -0.2) is 0 Å². The lowest BCUT2D eigenvalue weighted by Crippen LogP contribution is -2.55. The molecule has 1 N–H and O–H groups in total. The van der Waals surface area contributed by atoms with Crippen molar-refractivity contribution in [2.75, 3.05) is 32.8 Å². The third-order valence-electron chi connectivity index (χ3n) is 8.52. The summed E-state index contributed by atoms with van der Waals surface area (Å²) < 4.78 is 6.73. The van der Waals surface area contributed by atoms with E-state index in [0.29, 0.717) is 0 Å². The quantitative estimate of drug-likeness (QED) is 0.808. The average molecular weight is 413 g/mol. The lowest BCUT2D eigenvalue weighted by atomic mass is 9.73. The van der Waals surface area contributed by atoms with Gasteiger partial charge in [0.05, 0.1) is 11.7 Å². The first kappa shape index (κ1) is 20.9. The molecule has 4 nitrogen and oxygen atoms in total. The van der Waals surface area contributed by atoms with Crippen LogP contribution in [0.4, 0.5) is 0 Å². The minimum Gasteiger partial charge on any atom is -0.396 e. The highest BCUT2D eigenvalue weighted by Crippen LogP contribution is 2.47. The second-order valence-electron chi connectivity index (χ2n) is 10.2. The number of hydrogen-bond donors (Lipinski definition) is 1. The van der Waals surface area contributed by atoms with Crippen LogP contribution in [0.15, 0.2) is 24.3 Å². The molecule has 2 saturated carbocycles. The highest BCUT2D eigenvalue weighted by Gasteiger charge is 2.44. The van der Waals surface area contributed by atoms with Crippen LogP contribution in [0.25, 0.3) is 0 Å². The van der Waals surface area contributed by atoms with Crippen molar-refractivity contribution < 1.29 is 9.84 Å². The first-order valence-electron chi connectivity index (χ1n) is 12.6. The van der Waals surface area contributed by atoms with Crippen LogP contribution in [0.5, 0.6) is 0 Å². The largest absolute Gasteiger partial charge is 0.396 e. The number of benzene rings is 1. The smallest absolute Gasteiger partial charge is 0.0939 e. The first-order valence-corrected chi connectivity index (χ1v) is 12.6. The van der Waals surface area contributed by atoms with Gasteiger partial charge >= 0.3 is 0 Å². The Hall–Kier alpha value is -0.940. The van der Waals surface area contributed by atoms with Crippen LogP contribution in [0.3, 0.4) is 0 Å². The monoisotopic (exact) mass is 412 g/mol. The molecule has 4 aliphatic rings. The van der Waals surface area contributed by atoms with E-state index in [1.807, 2.05) is 0 Å². The van der Waals surface area contributed by atoms with Crippen molar-refractivity contribution in [2.45, 2.75) is 94.4 Å². The van der Waals surface area contributed by atoms with Gasteiger partial charge in [-0.3, -0.25) is 9.80 Å². The van der Waals surface area contributed by atoms with Gasteiger partial charge in [0.1, 0.15) is 0 Å². The van der Waals surface area contributed by atoms with Crippen LogP contribution in [0, 0.1) is 0 Å². The van der Waals surface area contributed by atoms with Crippen molar-refractivity contribution in [2.24, 2.45) is 0 Å². The van der Waals surface area contributed by atoms with Crippen molar-refractivity contribution in [3.8, 4) is 0 Å². The number of nitrogens with zero attached hydrogens (tertiary/aromatic N) is 2. The Morgan fingerprint density at radius 1 is 0.867 bits per heavy atom. The lowest BCUT2D eigenvalue weighted by Gasteiger charge is -2.50. The molecule has 1 aromatic rings. The van der Waals surface area contributed by atoms with E-state index in [0.717, 1.165) is 37.8 Å². The molecule has 5 rings (SSSR count). The highest BCUT2D eigenvalue weighted by molar-refractivity contribution is 5.35. The number of rotatable bonds is 4. The fraction of sp³-hybridized carbons (Fsp3) is 0.769. The minimum atomic E-state index is -0.116. The SMILES string of the molecule is OCC[C@@H]1Cc2ccccc2C2(CCC(N3CCN(C4CCCCC4)CC3)CC2)O1. The van der Waals surface area contributed by atoms with E-state index in [1.165, 1.54) is 82.3 Å². The number of fused-ring (bicyclic) bond motifs is 2. The van der Waals surface area contributed by atoms with Gasteiger partial charge in [0.25, 0.3) is 0 Å². The van der Waals surface area contributed by atoms with E-state index < -0.39 is 0 Å². The van der Waals surface area contributed by atoms with Crippen molar-refractivity contribution in [3.05, 3.63) is 35.4 Å². The summed E-state index contributed by atoms with van der Waals surface area (Å²) in [6.45, 7) is 5.25. The number of piperazine rings is 1. The summed E-state index contributed by atoms with van der Waals surface area (Å²) in [5.74, 6) is 0. The molecule has 2 aliphatic carbocycles. The molecule has 1 atom stereocenters. The molecule has 1 saturated heterocycles. The summed E-state index contributed by atoms with van der Waals surface area (Å²) in [6, 6.07) is 10.5. The Morgan fingerprint density at radius 2 is 1.50 bits per heavy atom. The molecule has 0 radical (unpaired) electrons. The maximum absolute atomic E-state index is 9.49. The van der Waals surface area contributed by atoms with E-state index in [2.05, 4.69) is 34.1 Å². The molecular weight excluding hydrogens is 372 g/mol.